The van der Waals surface area contributed by atoms with Crippen LogP contribution in [0.2, 0.25) is 0 Å². The molecule has 96 valence electrons. The molecule has 0 bridgehead atoms. The van der Waals surface area contributed by atoms with Gasteiger partial charge in [-0.25, -0.2) is 0 Å². The predicted octanol–water partition coefficient (Wildman–Crippen LogP) is 2.77. The average Bonchev–Trinajstić information content (AvgIpc) is 2.38. The molecule has 1 heterocycles. The van der Waals surface area contributed by atoms with Gasteiger partial charge < -0.3 is 9.69 Å². The Hall–Kier alpha value is -1.43. The maximum atomic E-state index is 10.8. The van der Waals surface area contributed by atoms with Crippen LogP contribution in [-0.2, 0) is 4.79 Å². The zero-order chi connectivity index (χ0) is 13.1. The molecular weight excluding hydrogens is 300 g/mol. The zero-order valence-corrected chi connectivity index (χ0v) is 11.3. The standard InChI is InChI=1S/C12H13BrN2O3/c13-11-6-10(15(17)18)3-4-12(11)14-5-1-2-9(7-14)8-16/h3-4,6,8-9H,1-2,5,7H2. The molecule has 0 aliphatic carbocycles. The second kappa shape index (κ2) is 5.48. The van der Waals surface area contributed by atoms with E-state index in [2.05, 4.69) is 20.8 Å². The van der Waals surface area contributed by atoms with Crippen molar-refractivity contribution < 1.29 is 9.72 Å². The first-order valence-corrected chi connectivity index (χ1v) is 6.55. The van der Waals surface area contributed by atoms with Gasteiger partial charge >= 0.3 is 0 Å². The lowest BCUT2D eigenvalue weighted by Crippen LogP contribution is -2.36. The number of nitro groups is 1. The molecule has 0 amide bonds. The minimum Gasteiger partial charge on any atom is -0.370 e. The fourth-order valence-corrected chi connectivity index (χ4v) is 2.82. The van der Waals surface area contributed by atoms with Crippen molar-refractivity contribution in [3.8, 4) is 0 Å². The van der Waals surface area contributed by atoms with Crippen LogP contribution in [0.5, 0.6) is 0 Å². The lowest BCUT2D eigenvalue weighted by Gasteiger charge is -2.32. The van der Waals surface area contributed by atoms with Crippen LogP contribution < -0.4 is 4.90 Å². The molecule has 1 aromatic rings. The van der Waals surface area contributed by atoms with E-state index in [0.29, 0.717) is 11.0 Å². The van der Waals surface area contributed by atoms with Crippen LogP contribution in [0.1, 0.15) is 12.8 Å². The van der Waals surface area contributed by atoms with Crippen molar-refractivity contribution in [2.75, 3.05) is 18.0 Å². The number of benzene rings is 1. The minimum absolute atomic E-state index is 0.0563. The van der Waals surface area contributed by atoms with E-state index < -0.39 is 4.92 Å². The Bertz CT molecular complexity index is 478. The molecule has 0 saturated carbocycles. The number of halogens is 1. The van der Waals surface area contributed by atoms with Crippen LogP contribution in [0, 0.1) is 16.0 Å². The van der Waals surface area contributed by atoms with Crippen molar-refractivity contribution in [1.82, 2.24) is 0 Å². The molecule has 1 aromatic carbocycles. The maximum absolute atomic E-state index is 10.8. The molecule has 0 radical (unpaired) electrons. The number of hydrogen-bond acceptors (Lipinski definition) is 4. The Balaban J connectivity index is 2.22. The number of piperidine rings is 1. The van der Waals surface area contributed by atoms with Gasteiger partial charge in [0.2, 0.25) is 0 Å². The Morgan fingerprint density at radius 2 is 2.28 bits per heavy atom. The number of anilines is 1. The van der Waals surface area contributed by atoms with E-state index in [9.17, 15) is 14.9 Å². The molecule has 1 saturated heterocycles. The molecule has 6 heteroatoms. The van der Waals surface area contributed by atoms with Gasteiger partial charge in [-0.3, -0.25) is 10.1 Å². The summed E-state index contributed by atoms with van der Waals surface area (Å²) in [4.78, 5) is 23.2. The molecule has 0 aromatic heterocycles. The highest BCUT2D eigenvalue weighted by molar-refractivity contribution is 9.10. The van der Waals surface area contributed by atoms with E-state index in [-0.39, 0.29) is 11.6 Å². The maximum Gasteiger partial charge on any atom is 0.270 e. The number of nitrogens with zero attached hydrogens (tertiary/aromatic N) is 2. The normalized spacial score (nSPS) is 19.6. The summed E-state index contributed by atoms with van der Waals surface area (Å²) in [6, 6.07) is 4.72. The number of carbonyl (C=O) groups is 1. The highest BCUT2D eigenvalue weighted by atomic mass is 79.9. The molecule has 0 N–H and O–H groups in total. The van der Waals surface area contributed by atoms with Crippen molar-refractivity contribution >= 4 is 33.6 Å². The fourth-order valence-electron chi connectivity index (χ4n) is 2.21. The van der Waals surface area contributed by atoms with Gasteiger partial charge in [-0.05, 0) is 34.8 Å². The van der Waals surface area contributed by atoms with Crippen LogP contribution in [-0.4, -0.2) is 24.3 Å². The monoisotopic (exact) mass is 312 g/mol. The molecule has 1 aliphatic rings. The summed E-state index contributed by atoms with van der Waals surface area (Å²) in [5, 5.41) is 10.7. The summed E-state index contributed by atoms with van der Waals surface area (Å²) in [5.41, 5.74) is 0.974. The number of rotatable bonds is 3. The van der Waals surface area contributed by atoms with Gasteiger partial charge in [0, 0.05) is 35.6 Å². The third-order valence-electron chi connectivity index (χ3n) is 3.13. The molecule has 1 aliphatic heterocycles. The molecule has 1 unspecified atom stereocenters. The first-order chi connectivity index (χ1) is 8.61. The van der Waals surface area contributed by atoms with E-state index >= 15 is 0 Å². The third kappa shape index (κ3) is 2.69. The Kier molecular flexibility index (Phi) is 3.96. The summed E-state index contributed by atoms with van der Waals surface area (Å²) in [5.74, 6) is 0.0563. The molecule has 1 atom stereocenters. The van der Waals surface area contributed by atoms with Crippen LogP contribution >= 0.6 is 15.9 Å². The average molecular weight is 313 g/mol. The smallest absolute Gasteiger partial charge is 0.270 e. The summed E-state index contributed by atoms with van der Waals surface area (Å²) in [6.45, 7) is 1.56. The molecule has 2 rings (SSSR count). The first kappa shape index (κ1) is 13.0. The van der Waals surface area contributed by atoms with Crippen LogP contribution in [0.3, 0.4) is 0 Å². The summed E-state index contributed by atoms with van der Waals surface area (Å²) in [6.07, 6.45) is 2.88. The zero-order valence-electron chi connectivity index (χ0n) is 9.71. The van der Waals surface area contributed by atoms with E-state index in [1.165, 1.54) is 12.1 Å². The van der Waals surface area contributed by atoms with E-state index in [0.717, 1.165) is 31.4 Å². The molecular formula is C12H13BrN2O3. The number of non-ortho nitro benzene ring substituents is 1. The quantitative estimate of drug-likeness (QED) is 0.489. The lowest BCUT2D eigenvalue weighted by molar-refractivity contribution is -0.384. The van der Waals surface area contributed by atoms with E-state index in [1.807, 2.05) is 0 Å². The SMILES string of the molecule is O=CC1CCCN(c2ccc([N+](=O)[O-])cc2Br)C1. The number of hydrogen-bond donors (Lipinski definition) is 0. The molecule has 0 spiro atoms. The van der Waals surface area contributed by atoms with Crippen LogP contribution in [0.25, 0.3) is 0 Å². The van der Waals surface area contributed by atoms with E-state index in [1.54, 1.807) is 6.07 Å². The summed E-state index contributed by atoms with van der Waals surface area (Å²) in [7, 11) is 0. The minimum atomic E-state index is -0.418. The van der Waals surface area contributed by atoms with Gasteiger partial charge in [0.1, 0.15) is 6.29 Å². The van der Waals surface area contributed by atoms with Crippen molar-refractivity contribution in [2.24, 2.45) is 5.92 Å². The Labute approximate surface area is 113 Å². The van der Waals surface area contributed by atoms with Crippen molar-refractivity contribution in [3.05, 3.63) is 32.8 Å². The van der Waals surface area contributed by atoms with Gasteiger partial charge in [0.05, 0.1) is 10.6 Å². The van der Waals surface area contributed by atoms with Gasteiger partial charge in [0.15, 0.2) is 0 Å². The van der Waals surface area contributed by atoms with Crippen molar-refractivity contribution in [2.45, 2.75) is 12.8 Å². The Morgan fingerprint density at radius 1 is 1.50 bits per heavy atom. The molecule has 1 fully saturated rings. The summed E-state index contributed by atoms with van der Waals surface area (Å²) >= 11 is 3.36. The van der Waals surface area contributed by atoms with Gasteiger partial charge in [-0.2, -0.15) is 0 Å². The fraction of sp³-hybridized carbons (Fsp3) is 0.417. The molecule has 18 heavy (non-hydrogen) atoms. The second-order valence-electron chi connectivity index (χ2n) is 4.38. The largest absolute Gasteiger partial charge is 0.370 e. The van der Waals surface area contributed by atoms with Crippen LogP contribution in [0.15, 0.2) is 22.7 Å². The van der Waals surface area contributed by atoms with Crippen LogP contribution in [0.4, 0.5) is 11.4 Å². The van der Waals surface area contributed by atoms with Gasteiger partial charge in [-0.1, -0.05) is 0 Å². The van der Waals surface area contributed by atoms with Crippen molar-refractivity contribution in [3.63, 3.8) is 0 Å². The third-order valence-corrected chi connectivity index (χ3v) is 3.77. The summed E-state index contributed by atoms with van der Waals surface area (Å²) < 4.78 is 0.697. The number of carbonyl (C=O) groups excluding carboxylic acids is 1. The number of aldehydes is 1. The van der Waals surface area contributed by atoms with Gasteiger partial charge in [-0.15, -0.1) is 0 Å². The Morgan fingerprint density at radius 3 is 2.89 bits per heavy atom. The topological polar surface area (TPSA) is 63.5 Å². The first-order valence-electron chi connectivity index (χ1n) is 5.76. The van der Waals surface area contributed by atoms with Crippen molar-refractivity contribution in [1.29, 1.82) is 0 Å². The lowest BCUT2D eigenvalue weighted by atomic mass is 9.99. The predicted molar refractivity (Wildman–Crippen MR) is 71.8 cm³/mol. The number of nitro benzene ring substituents is 1. The van der Waals surface area contributed by atoms with E-state index in [4.69, 9.17) is 0 Å². The second-order valence-corrected chi connectivity index (χ2v) is 5.23. The molecule has 5 nitrogen and oxygen atoms in total. The highest BCUT2D eigenvalue weighted by Gasteiger charge is 2.21. The van der Waals surface area contributed by atoms with Gasteiger partial charge in [0.25, 0.3) is 5.69 Å². The highest BCUT2D eigenvalue weighted by Crippen LogP contribution is 2.32.